The molecule has 1 aromatic rings. The van der Waals surface area contributed by atoms with E-state index in [4.69, 9.17) is 5.73 Å². The van der Waals surface area contributed by atoms with Crippen LogP contribution in [0.5, 0.6) is 0 Å². The average molecular weight is 307 g/mol. The first-order valence-corrected chi connectivity index (χ1v) is 8.86. The van der Waals surface area contributed by atoms with Crippen LogP contribution in [0, 0.1) is 5.92 Å². The number of nitrogens with two attached hydrogens (primary N) is 1. The van der Waals surface area contributed by atoms with Crippen molar-refractivity contribution in [3.05, 3.63) is 10.4 Å². The highest BCUT2D eigenvalue weighted by Crippen LogP contribution is 2.52. The fraction of sp³-hybridized carbons (Fsp3) is 0.688. The van der Waals surface area contributed by atoms with Crippen LogP contribution in [0.4, 0.5) is 10.7 Å². The molecule has 1 unspecified atom stereocenters. The number of piperidine rings is 1. The smallest absolute Gasteiger partial charge is 0.263 e. The first kappa shape index (κ1) is 14.7. The molecule has 0 aromatic carbocycles. The molecule has 1 saturated carbocycles. The van der Waals surface area contributed by atoms with Gasteiger partial charge < -0.3 is 16.0 Å². The molecule has 5 heteroatoms. The van der Waals surface area contributed by atoms with Crippen LogP contribution in [0.1, 0.15) is 60.2 Å². The van der Waals surface area contributed by atoms with Crippen molar-refractivity contribution in [1.82, 2.24) is 5.32 Å². The van der Waals surface area contributed by atoms with E-state index in [1.54, 1.807) is 18.4 Å². The van der Waals surface area contributed by atoms with Crippen LogP contribution < -0.4 is 16.0 Å². The van der Waals surface area contributed by atoms with Crippen LogP contribution in [0.3, 0.4) is 0 Å². The molecule has 1 aromatic heterocycles. The summed E-state index contributed by atoms with van der Waals surface area (Å²) in [5.74, 6) is 1.31. The quantitative estimate of drug-likeness (QED) is 0.898. The number of anilines is 2. The zero-order valence-corrected chi connectivity index (χ0v) is 13.8. The number of hydrogen-bond donors (Lipinski definition) is 2. The van der Waals surface area contributed by atoms with Crippen LogP contribution in [0.2, 0.25) is 0 Å². The lowest BCUT2D eigenvalue weighted by Gasteiger charge is -2.33. The highest BCUT2D eigenvalue weighted by molar-refractivity contribution is 7.18. The maximum Gasteiger partial charge on any atom is 0.263 e. The molecular formula is C16H25N3OS. The second-order valence-electron chi connectivity index (χ2n) is 6.28. The van der Waals surface area contributed by atoms with Gasteiger partial charge in [-0.15, -0.1) is 11.3 Å². The van der Waals surface area contributed by atoms with Crippen LogP contribution in [0.25, 0.3) is 0 Å². The van der Waals surface area contributed by atoms with Gasteiger partial charge >= 0.3 is 0 Å². The van der Waals surface area contributed by atoms with Gasteiger partial charge in [-0.3, -0.25) is 4.79 Å². The van der Waals surface area contributed by atoms with E-state index in [-0.39, 0.29) is 5.91 Å². The van der Waals surface area contributed by atoms with Gasteiger partial charge in [0.1, 0.15) is 4.88 Å². The Morgan fingerprint density at radius 1 is 1.43 bits per heavy atom. The summed E-state index contributed by atoms with van der Waals surface area (Å²) in [6.07, 6.45) is 6.24. The number of hydrogen-bond acceptors (Lipinski definition) is 4. The summed E-state index contributed by atoms with van der Waals surface area (Å²) < 4.78 is 0. The molecule has 0 spiro atoms. The molecule has 0 bridgehead atoms. The van der Waals surface area contributed by atoms with Crippen molar-refractivity contribution >= 4 is 27.9 Å². The maximum atomic E-state index is 12.0. The summed E-state index contributed by atoms with van der Waals surface area (Å²) in [6.45, 7) is 4.49. The summed E-state index contributed by atoms with van der Waals surface area (Å²) in [4.78, 5) is 15.2. The number of amides is 1. The molecule has 0 radical (unpaired) electrons. The Morgan fingerprint density at radius 3 is 2.81 bits per heavy atom. The van der Waals surface area contributed by atoms with Crippen molar-refractivity contribution in [2.24, 2.45) is 5.92 Å². The second-order valence-corrected chi connectivity index (χ2v) is 7.28. The molecule has 1 aliphatic heterocycles. The fourth-order valence-corrected chi connectivity index (χ4v) is 4.60. The molecule has 21 heavy (non-hydrogen) atoms. The molecule has 1 atom stereocenters. The molecule has 2 heterocycles. The third kappa shape index (κ3) is 2.76. The Labute approximate surface area is 130 Å². The summed E-state index contributed by atoms with van der Waals surface area (Å²) in [5.41, 5.74) is 8.31. The van der Waals surface area contributed by atoms with Gasteiger partial charge in [-0.2, -0.15) is 0 Å². The summed E-state index contributed by atoms with van der Waals surface area (Å²) in [7, 11) is 1.67. The molecule has 1 amide bonds. The highest BCUT2D eigenvalue weighted by atomic mass is 32.1. The molecule has 116 valence electrons. The van der Waals surface area contributed by atoms with Crippen molar-refractivity contribution in [2.45, 2.75) is 44.9 Å². The third-order valence-electron chi connectivity index (χ3n) is 4.77. The fourth-order valence-electron chi connectivity index (χ4n) is 3.31. The Hall–Kier alpha value is -1.23. The van der Waals surface area contributed by atoms with E-state index in [1.807, 2.05) is 0 Å². The molecule has 3 N–H and O–H groups in total. The lowest BCUT2D eigenvalue weighted by atomic mass is 9.95. The van der Waals surface area contributed by atoms with Gasteiger partial charge in [0.15, 0.2) is 0 Å². The van der Waals surface area contributed by atoms with E-state index < -0.39 is 0 Å². The minimum Gasteiger partial charge on any atom is -0.397 e. The number of nitrogens with zero attached hydrogens (tertiary/aromatic N) is 1. The number of nitrogens with one attached hydrogen (secondary N) is 1. The van der Waals surface area contributed by atoms with Crippen LogP contribution in [0.15, 0.2) is 0 Å². The van der Waals surface area contributed by atoms with Gasteiger partial charge in [-0.1, -0.05) is 13.3 Å². The lowest BCUT2D eigenvalue weighted by Crippen LogP contribution is -2.35. The zero-order valence-electron chi connectivity index (χ0n) is 12.9. The van der Waals surface area contributed by atoms with Gasteiger partial charge in [0.05, 0.1) is 10.7 Å². The van der Waals surface area contributed by atoms with Crippen LogP contribution in [-0.2, 0) is 0 Å². The van der Waals surface area contributed by atoms with Crippen LogP contribution in [-0.4, -0.2) is 26.0 Å². The van der Waals surface area contributed by atoms with Crippen LogP contribution >= 0.6 is 11.3 Å². The van der Waals surface area contributed by atoms with E-state index in [2.05, 4.69) is 17.1 Å². The topological polar surface area (TPSA) is 58.4 Å². The van der Waals surface area contributed by atoms with Crippen molar-refractivity contribution in [2.75, 3.05) is 30.8 Å². The molecule has 1 saturated heterocycles. The Balaban J connectivity index is 1.95. The van der Waals surface area contributed by atoms with Crippen molar-refractivity contribution in [3.63, 3.8) is 0 Å². The number of carbonyl (C=O) groups excluding carboxylic acids is 1. The van der Waals surface area contributed by atoms with Gasteiger partial charge in [0, 0.05) is 25.7 Å². The molecular weight excluding hydrogens is 282 g/mol. The first-order valence-electron chi connectivity index (χ1n) is 8.04. The van der Waals surface area contributed by atoms with E-state index in [0.29, 0.717) is 10.8 Å². The maximum absolute atomic E-state index is 12.0. The number of nitrogen functional groups attached to an aromatic ring is 1. The third-order valence-corrected chi connectivity index (χ3v) is 6.05. The van der Waals surface area contributed by atoms with E-state index in [0.717, 1.165) is 24.7 Å². The zero-order chi connectivity index (χ0) is 15.0. The van der Waals surface area contributed by atoms with E-state index in [1.165, 1.54) is 42.7 Å². The predicted octanol–water partition coefficient (Wildman–Crippen LogP) is 3.19. The lowest BCUT2D eigenvalue weighted by molar-refractivity contribution is 0.0968. The monoisotopic (exact) mass is 307 g/mol. The molecule has 4 nitrogen and oxygen atoms in total. The minimum absolute atomic E-state index is 0.0466. The second kappa shape index (κ2) is 5.87. The summed E-state index contributed by atoms with van der Waals surface area (Å²) in [6, 6.07) is 0. The largest absolute Gasteiger partial charge is 0.397 e. The van der Waals surface area contributed by atoms with E-state index >= 15 is 0 Å². The SMILES string of the molecule is CCC1CCCN(c2sc(C(=O)NC)c(N)c2C2CC2)C1. The van der Waals surface area contributed by atoms with Crippen molar-refractivity contribution < 1.29 is 4.79 Å². The van der Waals surface area contributed by atoms with Crippen molar-refractivity contribution in [3.8, 4) is 0 Å². The highest BCUT2D eigenvalue weighted by Gasteiger charge is 2.35. The average Bonchev–Trinajstić information content (AvgIpc) is 3.29. The number of rotatable bonds is 4. The van der Waals surface area contributed by atoms with Gasteiger partial charge in [-0.25, -0.2) is 0 Å². The van der Waals surface area contributed by atoms with Gasteiger partial charge in [0.2, 0.25) is 0 Å². The summed E-state index contributed by atoms with van der Waals surface area (Å²) >= 11 is 1.60. The Kier molecular flexibility index (Phi) is 4.11. The first-order chi connectivity index (χ1) is 10.2. The summed E-state index contributed by atoms with van der Waals surface area (Å²) in [5, 5.41) is 3.99. The number of thiophene rings is 1. The van der Waals surface area contributed by atoms with Crippen molar-refractivity contribution in [1.29, 1.82) is 0 Å². The normalized spacial score (nSPS) is 22.4. The molecule has 2 fully saturated rings. The van der Waals surface area contributed by atoms with Gasteiger partial charge in [-0.05, 0) is 37.5 Å². The Morgan fingerprint density at radius 2 is 2.19 bits per heavy atom. The molecule has 1 aliphatic carbocycles. The predicted molar refractivity (Wildman–Crippen MR) is 89.3 cm³/mol. The Bertz CT molecular complexity index is 536. The standard InChI is InChI=1S/C16H25N3OS/c1-3-10-5-4-8-19(9-10)16-12(11-6-7-11)13(17)14(21-16)15(20)18-2/h10-11H,3-9,17H2,1-2H3,(H,18,20). The molecule has 2 aliphatic rings. The molecule has 3 rings (SSSR count). The number of carbonyl (C=O) groups is 1. The minimum atomic E-state index is -0.0466. The van der Waals surface area contributed by atoms with Gasteiger partial charge in [0.25, 0.3) is 5.91 Å². The van der Waals surface area contributed by atoms with E-state index in [9.17, 15) is 4.79 Å².